The Bertz CT molecular complexity index is 558. The van der Waals surface area contributed by atoms with Crippen LogP contribution in [0.5, 0.6) is 11.5 Å². The monoisotopic (exact) mass is 337 g/mol. The second kappa shape index (κ2) is 9.80. The maximum atomic E-state index is 12.3. The zero-order chi connectivity index (χ0) is 18.1. The number of rotatable bonds is 10. The topological polar surface area (TPSA) is 84.9 Å². The van der Waals surface area contributed by atoms with E-state index in [1.54, 1.807) is 32.0 Å². The minimum absolute atomic E-state index is 0.334. The number of hydrogen-bond acceptors (Lipinski definition) is 4. The summed E-state index contributed by atoms with van der Waals surface area (Å²) >= 11 is 0. The van der Waals surface area contributed by atoms with E-state index in [-0.39, 0.29) is 5.91 Å². The van der Waals surface area contributed by atoms with Gasteiger partial charge in [-0.2, -0.15) is 0 Å². The average molecular weight is 337 g/mol. The Morgan fingerprint density at radius 1 is 1.08 bits per heavy atom. The highest BCUT2D eigenvalue weighted by molar-refractivity contribution is 5.95. The van der Waals surface area contributed by atoms with Crippen molar-refractivity contribution >= 4 is 11.9 Å². The van der Waals surface area contributed by atoms with Gasteiger partial charge in [-0.15, -0.1) is 0 Å². The molecule has 6 heteroatoms. The molecule has 1 aromatic carbocycles. The van der Waals surface area contributed by atoms with Gasteiger partial charge < -0.3 is 19.9 Å². The van der Waals surface area contributed by atoms with E-state index in [2.05, 4.69) is 5.32 Å². The first-order valence-electron chi connectivity index (χ1n) is 8.34. The van der Waals surface area contributed by atoms with Gasteiger partial charge in [0.25, 0.3) is 5.91 Å². The second-order valence-electron chi connectivity index (χ2n) is 5.75. The third kappa shape index (κ3) is 5.76. The molecule has 0 aliphatic heterocycles. The zero-order valence-corrected chi connectivity index (χ0v) is 14.8. The van der Waals surface area contributed by atoms with Crippen molar-refractivity contribution in [1.82, 2.24) is 5.32 Å². The first-order chi connectivity index (χ1) is 11.4. The zero-order valence-electron chi connectivity index (χ0n) is 14.8. The Kier molecular flexibility index (Phi) is 8.09. The summed E-state index contributed by atoms with van der Waals surface area (Å²) in [4.78, 5) is 23.3. The molecule has 1 aromatic rings. The molecule has 0 spiro atoms. The number of ether oxygens (including phenoxy) is 2. The van der Waals surface area contributed by atoms with Crippen LogP contribution in [0.15, 0.2) is 18.2 Å². The van der Waals surface area contributed by atoms with Gasteiger partial charge >= 0.3 is 5.97 Å². The SMILES string of the molecule is CCCOc1ccc(C(=O)NC(C)C(C)C(=O)O)cc1OCCC. The van der Waals surface area contributed by atoms with Gasteiger partial charge in [0, 0.05) is 11.6 Å². The summed E-state index contributed by atoms with van der Waals surface area (Å²) in [7, 11) is 0. The molecular formula is C18H27NO5. The molecule has 0 aliphatic carbocycles. The van der Waals surface area contributed by atoms with Gasteiger partial charge in [-0.05, 0) is 44.9 Å². The predicted octanol–water partition coefficient (Wildman–Crippen LogP) is 3.10. The van der Waals surface area contributed by atoms with Crippen LogP contribution in [-0.2, 0) is 4.79 Å². The number of hydrogen-bond donors (Lipinski definition) is 2. The molecular weight excluding hydrogens is 310 g/mol. The summed E-state index contributed by atoms with van der Waals surface area (Å²) < 4.78 is 11.3. The van der Waals surface area contributed by atoms with Crippen molar-refractivity contribution in [2.45, 2.75) is 46.6 Å². The van der Waals surface area contributed by atoms with Crippen LogP contribution in [0.25, 0.3) is 0 Å². The van der Waals surface area contributed by atoms with Crippen LogP contribution in [0.3, 0.4) is 0 Å². The Balaban J connectivity index is 2.90. The van der Waals surface area contributed by atoms with E-state index in [1.165, 1.54) is 0 Å². The quantitative estimate of drug-likeness (QED) is 0.685. The number of carboxylic acid groups (broad SMARTS) is 1. The molecule has 0 radical (unpaired) electrons. The van der Waals surface area contributed by atoms with Gasteiger partial charge in [-0.1, -0.05) is 13.8 Å². The van der Waals surface area contributed by atoms with Gasteiger partial charge in [0.15, 0.2) is 11.5 Å². The minimum Gasteiger partial charge on any atom is -0.490 e. The van der Waals surface area contributed by atoms with E-state index >= 15 is 0 Å². The van der Waals surface area contributed by atoms with Crippen LogP contribution < -0.4 is 14.8 Å². The molecule has 0 aromatic heterocycles. The fourth-order valence-corrected chi connectivity index (χ4v) is 1.93. The number of carbonyl (C=O) groups excluding carboxylic acids is 1. The molecule has 6 nitrogen and oxygen atoms in total. The van der Waals surface area contributed by atoms with Gasteiger partial charge in [-0.3, -0.25) is 9.59 Å². The molecule has 24 heavy (non-hydrogen) atoms. The molecule has 0 heterocycles. The van der Waals surface area contributed by atoms with Crippen LogP contribution in [0.2, 0.25) is 0 Å². The van der Waals surface area contributed by atoms with Crippen LogP contribution in [0, 0.1) is 5.92 Å². The van der Waals surface area contributed by atoms with Crippen LogP contribution in [-0.4, -0.2) is 36.2 Å². The fraction of sp³-hybridized carbons (Fsp3) is 0.556. The summed E-state index contributed by atoms with van der Waals surface area (Å²) in [5.74, 6) is -0.820. The van der Waals surface area contributed by atoms with E-state index in [0.29, 0.717) is 30.3 Å². The molecule has 0 fully saturated rings. The lowest BCUT2D eigenvalue weighted by atomic mass is 10.0. The summed E-state index contributed by atoms with van der Waals surface area (Å²) in [5.41, 5.74) is 0.411. The normalized spacial score (nSPS) is 13.0. The van der Waals surface area contributed by atoms with Crippen LogP contribution in [0.1, 0.15) is 50.9 Å². The standard InChI is InChI=1S/C18H27NO5/c1-5-9-23-15-8-7-14(11-16(15)24-10-6-2)17(20)19-13(4)12(3)18(21)22/h7-8,11-13H,5-6,9-10H2,1-4H3,(H,19,20)(H,21,22). The predicted molar refractivity (Wildman–Crippen MR) is 91.7 cm³/mol. The molecule has 0 saturated heterocycles. The number of benzene rings is 1. The third-order valence-electron chi connectivity index (χ3n) is 3.63. The first-order valence-corrected chi connectivity index (χ1v) is 8.34. The molecule has 134 valence electrons. The molecule has 0 aliphatic rings. The van der Waals surface area contributed by atoms with Gasteiger partial charge in [-0.25, -0.2) is 0 Å². The summed E-state index contributed by atoms with van der Waals surface area (Å²) in [6.45, 7) is 8.34. The minimum atomic E-state index is -0.946. The summed E-state index contributed by atoms with van der Waals surface area (Å²) in [5, 5.41) is 11.7. The molecule has 0 bridgehead atoms. The molecule has 2 N–H and O–H groups in total. The molecule has 2 unspecified atom stereocenters. The highest BCUT2D eigenvalue weighted by atomic mass is 16.5. The molecule has 1 rings (SSSR count). The maximum absolute atomic E-state index is 12.3. The first kappa shape index (κ1) is 19.8. The van der Waals surface area contributed by atoms with Gasteiger partial charge in [0.05, 0.1) is 19.1 Å². The number of carboxylic acids is 1. The summed E-state index contributed by atoms with van der Waals surface area (Å²) in [6, 6.07) is 4.51. The Morgan fingerprint density at radius 2 is 1.67 bits per heavy atom. The highest BCUT2D eigenvalue weighted by Gasteiger charge is 2.22. The Hall–Kier alpha value is -2.24. The lowest BCUT2D eigenvalue weighted by Crippen LogP contribution is -2.40. The van der Waals surface area contributed by atoms with Crippen molar-refractivity contribution in [3.05, 3.63) is 23.8 Å². The summed E-state index contributed by atoms with van der Waals surface area (Å²) in [6.07, 6.45) is 1.72. The Morgan fingerprint density at radius 3 is 2.21 bits per heavy atom. The second-order valence-corrected chi connectivity index (χ2v) is 5.75. The van der Waals surface area contributed by atoms with Crippen LogP contribution in [0.4, 0.5) is 0 Å². The van der Waals surface area contributed by atoms with Crippen molar-refractivity contribution in [1.29, 1.82) is 0 Å². The van der Waals surface area contributed by atoms with E-state index in [1.807, 2.05) is 13.8 Å². The van der Waals surface area contributed by atoms with E-state index < -0.39 is 17.9 Å². The average Bonchev–Trinajstić information content (AvgIpc) is 2.57. The highest BCUT2D eigenvalue weighted by Crippen LogP contribution is 2.29. The smallest absolute Gasteiger partial charge is 0.308 e. The van der Waals surface area contributed by atoms with E-state index in [9.17, 15) is 9.59 Å². The number of aliphatic carboxylic acids is 1. The molecule has 0 saturated carbocycles. The van der Waals surface area contributed by atoms with Crippen LogP contribution >= 0.6 is 0 Å². The fourth-order valence-electron chi connectivity index (χ4n) is 1.93. The maximum Gasteiger partial charge on any atom is 0.308 e. The Labute approximate surface area is 143 Å². The van der Waals surface area contributed by atoms with E-state index in [0.717, 1.165) is 12.8 Å². The molecule has 1 amide bonds. The van der Waals surface area contributed by atoms with Crippen molar-refractivity contribution in [2.24, 2.45) is 5.92 Å². The van der Waals surface area contributed by atoms with E-state index in [4.69, 9.17) is 14.6 Å². The number of amides is 1. The molecule has 2 atom stereocenters. The van der Waals surface area contributed by atoms with Crippen molar-refractivity contribution in [3.8, 4) is 11.5 Å². The third-order valence-corrected chi connectivity index (χ3v) is 3.63. The van der Waals surface area contributed by atoms with Crippen molar-refractivity contribution < 1.29 is 24.2 Å². The number of carbonyl (C=O) groups is 2. The largest absolute Gasteiger partial charge is 0.490 e. The van der Waals surface area contributed by atoms with Crippen molar-refractivity contribution in [3.63, 3.8) is 0 Å². The number of nitrogens with one attached hydrogen (secondary N) is 1. The van der Waals surface area contributed by atoms with Gasteiger partial charge in [0.1, 0.15) is 0 Å². The lowest BCUT2D eigenvalue weighted by Gasteiger charge is -2.18. The van der Waals surface area contributed by atoms with Crippen molar-refractivity contribution in [2.75, 3.05) is 13.2 Å². The lowest BCUT2D eigenvalue weighted by molar-refractivity contribution is -0.141. The van der Waals surface area contributed by atoms with Gasteiger partial charge in [0.2, 0.25) is 0 Å².